The number of nitrogens with one attached hydrogen (secondary N) is 1. The van der Waals surface area contributed by atoms with Crippen molar-refractivity contribution in [3.05, 3.63) is 71.3 Å². The van der Waals surface area contributed by atoms with Gasteiger partial charge in [0.05, 0.1) is 11.1 Å². The van der Waals surface area contributed by atoms with E-state index in [0.29, 0.717) is 23.6 Å². The number of rotatable bonds is 6. The molecule has 0 aromatic heterocycles. The number of likely N-dealkylation sites (tertiary alicyclic amines) is 1. The SMILES string of the molecule is CN=C(NCCCCN1C(=O)c2ccccc2C1=O)N1CCC(c2ccccc2)C1.I. The second-order valence-electron chi connectivity index (χ2n) is 7.83. The van der Waals surface area contributed by atoms with Gasteiger partial charge in [-0.3, -0.25) is 19.5 Å². The second kappa shape index (κ2) is 10.7. The van der Waals surface area contributed by atoms with E-state index in [9.17, 15) is 9.59 Å². The number of carbonyl (C=O) groups excluding carboxylic acids is 2. The van der Waals surface area contributed by atoms with Gasteiger partial charge in [-0.1, -0.05) is 42.5 Å². The molecule has 2 aliphatic rings. The Morgan fingerprint density at radius 1 is 1.00 bits per heavy atom. The van der Waals surface area contributed by atoms with Crippen LogP contribution in [-0.4, -0.2) is 60.8 Å². The van der Waals surface area contributed by atoms with Gasteiger partial charge in [0, 0.05) is 39.1 Å². The van der Waals surface area contributed by atoms with Crippen molar-refractivity contribution in [2.24, 2.45) is 4.99 Å². The van der Waals surface area contributed by atoms with Crippen molar-refractivity contribution >= 4 is 41.8 Å². The van der Waals surface area contributed by atoms with Crippen molar-refractivity contribution < 1.29 is 9.59 Å². The maximum atomic E-state index is 12.4. The second-order valence-corrected chi connectivity index (χ2v) is 7.83. The average molecular weight is 532 g/mol. The molecule has 0 aliphatic carbocycles. The molecule has 1 N–H and O–H groups in total. The molecule has 1 saturated heterocycles. The van der Waals surface area contributed by atoms with Gasteiger partial charge in [-0.05, 0) is 37.0 Å². The molecule has 2 aromatic rings. The van der Waals surface area contributed by atoms with Crippen LogP contribution in [0.3, 0.4) is 0 Å². The van der Waals surface area contributed by atoms with Gasteiger partial charge in [-0.25, -0.2) is 0 Å². The molecule has 0 bridgehead atoms. The van der Waals surface area contributed by atoms with E-state index < -0.39 is 0 Å². The number of imide groups is 1. The molecule has 2 aromatic carbocycles. The number of carbonyl (C=O) groups is 2. The Morgan fingerprint density at radius 2 is 1.65 bits per heavy atom. The van der Waals surface area contributed by atoms with Crippen LogP contribution in [0.25, 0.3) is 0 Å². The van der Waals surface area contributed by atoms with E-state index in [1.165, 1.54) is 10.5 Å². The molecule has 2 heterocycles. The summed E-state index contributed by atoms with van der Waals surface area (Å²) in [6, 6.07) is 17.7. The van der Waals surface area contributed by atoms with Crippen LogP contribution in [0.15, 0.2) is 59.6 Å². The zero-order valence-electron chi connectivity index (χ0n) is 17.8. The van der Waals surface area contributed by atoms with Crippen LogP contribution in [0.2, 0.25) is 0 Å². The first kappa shape index (κ1) is 23.2. The lowest BCUT2D eigenvalue weighted by Gasteiger charge is -2.22. The van der Waals surface area contributed by atoms with Gasteiger partial charge in [0.25, 0.3) is 11.8 Å². The van der Waals surface area contributed by atoms with E-state index in [0.717, 1.165) is 44.9 Å². The summed E-state index contributed by atoms with van der Waals surface area (Å²) < 4.78 is 0. The fourth-order valence-electron chi connectivity index (χ4n) is 4.32. The standard InChI is InChI=1S/C24H28N4O2.HI/c1-25-24(27-16-13-19(17-27)18-9-3-2-4-10-18)26-14-7-8-15-28-22(29)20-11-5-6-12-21(20)23(28)30;/h2-6,9-12,19H,7-8,13-17H2,1H3,(H,25,26);1H. The Bertz CT molecular complexity index is 913. The summed E-state index contributed by atoms with van der Waals surface area (Å²) >= 11 is 0. The molecule has 31 heavy (non-hydrogen) atoms. The highest BCUT2D eigenvalue weighted by Crippen LogP contribution is 2.27. The van der Waals surface area contributed by atoms with E-state index in [4.69, 9.17) is 0 Å². The van der Waals surface area contributed by atoms with Gasteiger partial charge < -0.3 is 10.2 Å². The maximum absolute atomic E-state index is 12.4. The van der Waals surface area contributed by atoms with Crippen LogP contribution >= 0.6 is 24.0 Å². The highest BCUT2D eigenvalue weighted by atomic mass is 127. The molecule has 1 atom stereocenters. The van der Waals surface area contributed by atoms with Gasteiger partial charge >= 0.3 is 0 Å². The lowest BCUT2D eigenvalue weighted by Crippen LogP contribution is -2.40. The molecule has 164 valence electrons. The Labute approximate surface area is 200 Å². The number of unbranched alkanes of at least 4 members (excludes halogenated alkanes) is 1. The molecule has 2 amide bonds. The smallest absolute Gasteiger partial charge is 0.261 e. The third-order valence-corrected chi connectivity index (χ3v) is 5.94. The summed E-state index contributed by atoms with van der Waals surface area (Å²) in [5.74, 6) is 1.11. The molecule has 0 radical (unpaired) electrons. The lowest BCUT2D eigenvalue weighted by atomic mass is 9.99. The number of hydrogen-bond acceptors (Lipinski definition) is 3. The summed E-state index contributed by atoms with van der Waals surface area (Å²) in [5.41, 5.74) is 2.42. The minimum absolute atomic E-state index is 0. The van der Waals surface area contributed by atoms with Gasteiger partial charge in [0.2, 0.25) is 0 Å². The Hall–Kier alpha value is -2.42. The number of amides is 2. The van der Waals surface area contributed by atoms with Crippen molar-refractivity contribution in [1.82, 2.24) is 15.1 Å². The molecule has 1 unspecified atom stereocenters. The molecular formula is C24H29IN4O2. The summed E-state index contributed by atoms with van der Waals surface area (Å²) in [5, 5.41) is 3.44. The van der Waals surface area contributed by atoms with E-state index >= 15 is 0 Å². The van der Waals surface area contributed by atoms with Crippen molar-refractivity contribution in [2.75, 3.05) is 33.2 Å². The highest BCUT2D eigenvalue weighted by Gasteiger charge is 2.34. The molecule has 0 spiro atoms. The monoisotopic (exact) mass is 532 g/mol. The fraction of sp³-hybridized carbons (Fsp3) is 0.375. The molecule has 0 saturated carbocycles. The molecule has 6 nitrogen and oxygen atoms in total. The minimum atomic E-state index is -0.177. The van der Waals surface area contributed by atoms with Gasteiger partial charge in [0.15, 0.2) is 5.96 Å². The van der Waals surface area contributed by atoms with Gasteiger partial charge in [-0.2, -0.15) is 0 Å². The van der Waals surface area contributed by atoms with E-state index in [-0.39, 0.29) is 35.8 Å². The first-order chi connectivity index (χ1) is 14.7. The normalized spacial score (nSPS) is 18.2. The number of fused-ring (bicyclic) bond motifs is 1. The number of benzene rings is 2. The Kier molecular flexibility index (Phi) is 8.06. The van der Waals surface area contributed by atoms with E-state index in [1.807, 2.05) is 7.05 Å². The van der Waals surface area contributed by atoms with E-state index in [1.54, 1.807) is 24.3 Å². The number of nitrogens with zero attached hydrogens (tertiary/aromatic N) is 3. The summed E-state index contributed by atoms with van der Waals surface area (Å²) in [4.78, 5) is 32.9. The number of hydrogen-bond donors (Lipinski definition) is 1. The quantitative estimate of drug-likeness (QED) is 0.203. The number of guanidine groups is 1. The molecule has 2 aliphatic heterocycles. The fourth-order valence-corrected chi connectivity index (χ4v) is 4.32. The van der Waals surface area contributed by atoms with Crippen LogP contribution in [0.1, 0.15) is 51.5 Å². The Morgan fingerprint density at radius 3 is 2.29 bits per heavy atom. The van der Waals surface area contributed by atoms with E-state index in [2.05, 4.69) is 45.5 Å². The predicted octanol–water partition coefficient (Wildman–Crippen LogP) is 3.75. The summed E-state index contributed by atoms with van der Waals surface area (Å²) in [6.07, 6.45) is 2.76. The largest absolute Gasteiger partial charge is 0.356 e. The maximum Gasteiger partial charge on any atom is 0.261 e. The summed E-state index contributed by atoms with van der Waals surface area (Å²) in [6.45, 7) is 3.18. The third kappa shape index (κ3) is 5.08. The molecule has 4 rings (SSSR count). The van der Waals surface area contributed by atoms with Crippen molar-refractivity contribution in [1.29, 1.82) is 0 Å². The van der Waals surface area contributed by atoms with Crippen molar-refractivity contribution in [3.8, 4) is 0 Å². The first-order valence-electron chi connectivity index (χ1n) is 10.6. The van der Waals surface area contributed by atoms with Gasteiger partial charge in [0.1, 0.15) is 0 Å². The number of halogens is 1. The van der Waals surface area contributed by atoms with Crippen LogP contribution < -0.4 is 5.32 Å². The zero-order chi connectivity index (χ0) is 20.9. The van der Waals surface area contributed by atoms with Crippen LogP contribution in [0.5, 0.6) is 0 Å². The molecular weight excluding hydrogens is 503 g/mol. The predicted molar refractivity (Wildman–Crippen MR) is 133 cm³/mol. The number of aliphatic imine (C=N–C) groups is 1. The highest BCUT2D eigenvalue weighted by molar-refractivity contribution is 14.0. The summed E-state index contributed by atoms with van der Waals surface area (Å²) in [7, 11) is 1.82. The molecule has 7 heteroatoms. The van der Waals surface area contributed by atoms with Crippen molar-refractivity contribution in [2.45, 2.75) is 25.2 Å². The zero-order valence-corrected chi connectivity index (χ0v) is 20.1. The molecule has 1 fully saturated rings. The van der Waals surface area contributed by atoms with Crippen LogP contribution in [0, 0.1) is 0 Å². The topological polar surface area (TPSA) is 65.0 Å². The average Bonchev–Trinajstić information content (AvgIpc) is 3.36. The van der Waals surface area contributed by atoms with Gasteiger partial charge in [-0.15, -0.1) is 24.0 Å². The minimum Gasteiger partial charge on any atom is -0.356 e. The van der Waals surface area contributed by atoms with Crippen molar-refractivity contribution in [3.63, 3.8) is 0 Å². The van der Waals surface area contributed by atoms with Crippen LogP contribution in [0.4, 0.5) is 0 Å². The first-order valence-corrected chi connectivity index (χ1v) is 10.6. The lowest BCUT2D eigenvalue weighted by molar-refractivity contribution is 0.0652. The Balaban J connectivity index is 0.00000272. The van der Waals surface area contributed by atoms with Crippen LogP contribution in [-0.2, 0) is 0 Å². The third-order valence-electron chi connectivity index (χ3n) is 5.94.